The molecule has 0 aromatic carbocycles. The molecule has 3 aromatic heterocycles. The highest BCUT2D eigenvalue weighted by molar-refractivity contribution is 6.12. The van der Waals surface area contributed by atoms with E-state index in [4.69, 9.17) is 4.99 Å². The van der Waals surface area contributed by atoms with Crippen molar-refractivity contribution >= 4 is 5.71 Å². The number of aryl methyl sites for hydroxylation is 1. The Morgan fingerprint density at radius 3 is 2.79 bits per heavy atom. The third-order valence-corrected chi connectivity index (χ3v) is 5.75. The zero-order valence-electron chi connectivity index (χ0n) is 15.8. The standard InChI is InChI=1S/C19H21N9/c1-13-17(14-7-23-26(2)9-14)25-18(16-3-6-22-28(13)16)15-8-24-27(10-15)19(4-5-20)11-21-12-19/h3,6-10,13,17,21H,4,11-12H2,1-2H3. The Morgan fingerprint density at radius 1 is 1.25 bits per heavy atom. The van der Waals surface area contributed by atoms with Gasteiger partial charge >= 0.3 is 0 Å². The number of aliphatic imine (C=N–C) groups is 1. The SMILES string of the molecule is CC1C(c2cnn(C)c2)N=C(c2cnn(C3(CC#N)CNC3)c2)c2ccnn21. The Morgan fingerprint density at radius 2 is 2.11 bits per heavy atom. The van der Waals surface area contributed by atoms with Crippen molar-refractivity contribution in [3.8, 4) is 6.07 Å². The predicted octanol–water partition coefficient (Wildman–Crippen LogP) is 1.18. The highest BCUT2D eigenvalue weighted by Crippen LogP contribution is 2.36. The maximum atomic E-state index is 9.22. The second kappa shape index (κ2) is 6.14. The van der Waals surface area contributed by atoms with Gasteiger partial charge in [0, 0.05) is 49.9 Å². The van der Waals surface area contributed by atoms with Crippen molar-refractivity contribution in [3.05, 3.63) is 53.9 Å². The van der Waals surface area contributed by atoms with Gasteiger partial charge in [-0.2, -0.15) is 20.6 Å². The summed E-state index contributed by atoms with van der Waals surface area (Å²) < 4.78 is 5.73. The van der Waals surface area contributed by atoms with E-state index < -0.39 is 0 Å². The number of fused-ring (bicyclic) bond motifs is 1. The molecule has 2 unspecified atom stereocenters. The van der Waals surface area contributed by atoms with Crippen LogP contribution in [0, 0.1) is 11.3 Å². The lowest BCUT2D eigenvalue weighted by molar-refractivity contribution is 0.160. The molecule has 1 saturated heterocycles. The van der Waals surface area contributed by atoms with E-state index in [2.05, 4.69) is 33.6 Å². The van der Waals surface area contributed by atoms with Gasteiger partial charge in [-0.05, 0) is 13.0 Å². The molecule has 0 saturated carbocycles. The van der Waals surface area contributed by atoms with Gasteiger partial charge in [0.15, 0.2) is 0 Å². The molecular weight excluding hydrogens is 354 g/mol. The molecule has 0 aliphatic carbocycles. The van der Waals surface area contributed by atoms with Gasteiger partial charge < -0.3 is 5.32 Å². The number of nitriles is 1. The Labute approximate surface area is 162 Å². The van der Waals surface area contributed by atoms with E-state index in [9.17, 15) is 5.26 Å². The molecule has 28 heavy (non-hydrogen) atoms. The molecule has 2 atom stereocenters. The number of hydrogen-bond donors (Lipinski definition) is 1. The van der Waals surface area contributed by atoms with E-state index in [1.54, 1.807) is 4.68 Å². The molecule has 0 spiro atoms. The van der Waals surface area contributed by atoms with Crippen LogP contribution in [0.1, 0.15) is 42.2 Å². The molecule has 0 radical (unpaired) electrons. The smallest absolute Gasteiger partial charge is 0.101 e. The fourth-order valence-electron chi connectivity index (χ4n) is 4.07. The van der Waals surface area contributed by atoms with Gasteiger partial charge in [0.25, 0.3) is 0 Å². The number of rotatable bonds is 4. The van der Waals surface area contributed by atoms with Crippen molar-refractivity contribution < 1.29 is 0 Å². The summed E-state index contributed by atoms with van der Waals surface area (Å²) in [6.45, 7) is 3.63. The minimum absolute atomic E-state index is 0.0714. The van der Waals surface area contributed by atoms with Crippen molar-refractivity contribution in [2.75, 3.05) is 13.1 Å². The van der Waals surface area contributed by atoms with Crippen LogP contribution in [-0.4, -0.2) is 48.1 Å². The second-order valence-electron chi connectivity index (χ2n) is 7.61. The third kappa shape index (κ3) is 2.42. The lowest BCUT2D eigenvalue weighted by Gasteiger charge is -2.41. The van der Waals surface area contributed by atoms with Gasteiger partial charge in [0.2, 0.25) is 0 Å². The molecule has 0 amide bonds. The first-order valence-corrected chi connectivity index (χ1v) is 9.35. The Hall–Kier alpha value is -3.25. The first kappa shape index (κ1) is 16.9. The highest BCUT2D eigenvalue weighted by Gasteiger charge is 2.40. The maximum absolute atomic E-state index is 9.22. The minimum Gasteiger partial charge on any atom is -0.312 e. The van der Waals surface area contributed by atoms with Crippen LogP contribution in [0.3, 0.4) is 0 Å². The molecular formula is C19H21N9. The molecule has 1 fully saturated rings. The molecule has 5 rings (SSSR count). The minimum atomic E-state index is -0.265. The summed E-state index contributed by atoms with van der Waals surface area (Å²) in [5.74, 6) is 0. The molecule has 5 heterocycles. The van der Waals surface area contributed by atoms with Gasteiger partial charge in [0.05, 0.1) is 42.3 Å². The van der Waals surface area contributed by atoms with Crippen LogP contribution in [0.15, 0.2) is 42.0 Å². The van der Waals surface area contributed by atoms with E-state index in [-0.39, 0.29) is 17.6 Å². The van der Waals surface area contributed by atoms with Crippen molar-refractivity contribution in [3.63, 3.8) is 0 Å². The van der Waals surface area contributed by atoms with Gasteiger partial charge in [-0.1, -0.05) is 0 Å². The van der Waals surface area contributed by atoms with E-state index >= 15 is 0 Å². The summed E-state index contributed by atoms with van der Waals surface area (Å²) in [6.07, 6.45) is 9.95. The van der Waals surface area contributed by atoms with Crippen LogP contribution in [0.2, 0.25) is 0 Å². The summed E-state index contributed by atoms with van der Waals surface area (Å²) in [5.41, 5.74) is 3.58. The lowest BCUT2D eigenvalue weighted by atomic mass is 9.89. The topological polar surface area (TPSA) is 102 Å². The van der Waals surface area contributed by atoms with E-state index in [1.807, 2.05) is 53.5 Å². The summed E-state index contributed by atoms with van der Waals surface area (Å²) in [5, 5.41) is 25.9. The summed E-state index contributed by atoms with van der Waals surface area (Å²) in [6, 6.07) is 4.30. The summed E-state index contributed by atoms with van der Waals surface area (Å²) in [4.78, 5) is 5.08. The van der Waals surface area contributed by atoms with Crippen LogP contribution in [0.25, 0.3) is 0 Å². The van der Waals surface area contributed by atoms with E-state index in [1.165, 1.54) is 0 Å². The largest absolute Gasteiger partial charge is 0.312 e. The monoisotopic (exact) mass is 375 g/mol. The van der Waals surface area contributed by atoms with Gasteiger partial charge in [-0.15, -0.1) is 0 Å². The second-order valence-corrected chi connectivity index (χ2v) is 7.61. The van der Waals surface area contributed by atoms with Crippen LogP contribution in [-0.2, 0) is 12.6 Å². The zero-order valence-corrected chi connectivity index (χ0v) is 15.8. The van der Waals surface area contributed by atoms with Crippen LogP contribution in [0.5, 0.6) is 0 Å². The number of aromatic nitrogens is 6. The van der Waals surface area contributed by atoms with E-state index in [0.29, 0.717) is 6.42 Å². The fourth-order valence-corrected chi connectivity index (χ4v) is 4.07. The molecule has 142 valence electrons. The van der Waals surface area contributed by atoms with Gasteiger partial charge in [-0.3, -0.25) is 19.0 Å². The van der Waals surface area contributed by atoms with Crippen molar-refractivity contribution in [1.29, 1.82) is 5.26 Å². The molecule has 1 N–H and O–H groups in total. The van der Waals surface area contributed by atoms with Gasteiger partial charge in [0.1, 0.15) is 11.6 Å². The normalized spacial score (nSPS) is 22.8. The third-order valence-electron chi connectivity index (χ3n) is 5.75. The first-order valence-electron chi connectivity index (χ1n) is 9.35. The van der Waals surface area contributed by atoms with Gasteiger partial charge in [-0.25, -0.2) is 0 Å². The fraction of sp³-hybridized carbons (Fsp3) is 0.421. The molecule has 3 aromatic rings. The Bertz CT molecular complexity index is 1090. The maximum Gasteiger partial charge on any atom is 0.101 e. The molecule has 2 aliphatic heterocycles. The van der Waals surface area contributed by atoms with E-state index in [0.717, 1.165) is 35.6 Å². The van der Waals surface area contributed by atoms with Crippen LogP contribution >= 0.6 is 0 Å². The predicted molar refractivity (Wildman–Crippen MR) is 102 cm³/mol. The quantitative estimate of drug-likeness (QED) is 0.738. The molecule has 9 heteroatoms. The lowest BCUT2D eigenvalue weighted by Crippen LogP contribution is -2.60. The highest BCUT2D eigenvalue weighted by atomic mass is 15.4. The van der Waals surface area contributed by atoms with Crippen molar-refractivity contribution in [2.45, 2.75) is 31.0 Å². The van der Waals surface area contributed by atoms with Crippen LogP contribution < -0.4 is 5.32 Å². The Balaban J connectivity index is 1.58. The van der Waals surface area contributed by atoms with Crippen molar-refractivity contribution in [2.24, 2.45) is 12.0 Å². The Kier molecular flexibility index (Phi) is 3.70. The van der Waals surface area contributed by atoms with Crippen LogP contribution in [0.4, 0.5) is 0 Å². The average Bonchev–Trinajstić information content (AvgIpc) is 3.39. The summed E-state index contributed by atoms with van der Waals surface area (Å²) in [7, 11) is 1.91. The average molecular weight is 375 g/mol. The zero-order chi connectivity index (χ0) is 19.3. The number of nitrogens with zero attached hydrogens (tertiary/aromatic N) is 8. The molecule has 0 bridgehead atoms. The molecule has 9 nitrogen and oxygen atoms in total. The number of hydrogen-bond acceptors (Lipinski definition) is 6. The van der Waals surface area contributed by atoms with Crippen molar-refractivity contribution in [1.82, 2.24) is 34.7 Å². The number of nitrogens with one attached hydrogen (secondary N) is 1. The molecule has 2 aliphatic rings. The first-order chi connectivity index (χ1) is 13.6. The summed E-state index contributed by atoms with van der Waals surface area (Å²) >= 11 is 0.